The Morgan fingerprint density at radius 1 is 0.614 bits per heavy atom. The van der Waals surface area contributed by atoms with Crippen molar-refractivity contribution in [3.05, 3.63) is 35.9 Å². The van der Waals surface area contributed by atoms with Crippen LogP contribution >= 0.6 is 0 Å². The highest BCUT2D eigenvalue weighted by Gasteiger charge is 2.69. The van der Waals surface area contributed by atoms with Gasteiger partial charge in [0.1, 0.15) is 61.5 Å². The Morgan fingerprint density at radius 2 is 1.20 bits per heavy atom. The maximum absolute atomic E-state index is 11.9. The summed E-state index contributed by atoms with van der Waals surface area (Å²) in [4.78, 5) is 0. The van der Waals surface area contributed by atoms with E-state index >= 15 is 0 Å². The third-order valence-electron chi connectivity index (χ3n) is 16.7. The number of unbranched alkanes of at least 4 members (excludes halogenated alkanes) is 7. The fourth-order valence-electron chi connectivity index (χ4n) is 11.1. The van der Waals surface area contributed by atoms with E-state index in [-0.39, 0.29) is 33.0 Å². The van der Waals surface area contributed by atoms with Crippen molar-refractivity contribution in [2.45, 2.75) is 289 Å². The molecule has 0 aliphatic carbocycles. The second kappa shape index (κ2) is 39.7. The second-order valence-corrected chi connectivity index (χ2v) is 27.9. The van der Waals surface area contributed by atoms with Gasteiger partial charge in [0.05, 0.1) is 39.1 Å². The van der Waals surface area contributed by atoms with Gasteiger partial charge in [0.2, 0.25) is 5.79 Å². The second-order valence-electron chi connectivity index (χ2n) is 23.2. The lowest BCUT2D eigenvalue weighted by molar-refractivity contribution is -0.379. The SMILES string of the molecule is CCCCOCC(O[C@H](C)O[C@H]1C(OCCCC)C(O)OC(C)[C@@H]1O[C@@H]1OC[C@@H](OCCCC)[C@@H](OC23COC[C@@]2(COCCCC)O[C@@H](c2ccccc2)O3)C1OCCCC)[C@@H](OCCCC)[C@H](CO[Si](CC)(CC)CC)OCCCC. The van der Waals surface area contributed by atoms with E-state index in [1.54, 1.807) is 0 Å². The van der Waals surface area contributed by atoms with E-state index in [1.165, 1.54) is 0 Å². The lowest BCUT2D eigenvalue weighted by atomic mass is 9.95. The molecular weight excluding hydrogens is 1080 g/mol. The molecule has 1 aromatic carbocycles. The van der Waals surface area contributed by atoms with Crippen molar-refractivity contribution in [1.82, 2.24) is 0 Å². The molecule has 18 nitrogen and oxygen atoms in total. The van der Waals surface area contributed by atoms with Crippen LogP contribution in [0.1, 0.15) is 185 Å². The number of hydrogen-bond donors (Lipinski definition) is 1. The number of fused-ring (bicyclic) bond motifs is 1. The van der Waals surface area contributed by atoms with E-state index in [9.17, 15) is 5.11 Å². The molecule has 83 heavy (non-hydrogen) atoms. The van der Waals surface area contributed by atoms with Gasteiger partial charge in [0.15, 0.2) is 39.1 Å². The largest absolute Gasteiger partial charge is 0.414 e. The Morgan fingerprint density at radius 3 is 1.84 bits per heavy atom. The van der Waals surface area contributed by atoms with Gasteiger partial charge in [0, 0.05) is 51.8 Å². The number of aliphatic hydroxyl groups is 1. The molecule has 16 atom stereocenters. The van der Waals surface area contributed by atoms with Gasteiger partial charge in [-0.15, -0.1) is 0 Å². The minimum Gasteiger partial charge on any atom is -0.414 e. The predicted octanol–water partition coefficient (Wildman–Crippen LogP) is 11.8. The lowest BCUT2D eigenvalue weighted by Gasteiger charge is -2.49. The maximum atomic E-state index is 11.9. The van der Waals surface area contributed by atoms with Crippen molar-refractivity contribution in [2.24, 2.45) is 0 Å². The highest BCUT2D eigenvalue weighted by atomic mass is 28.4. The highest BCUT2D eigenvalue weighted by Crippen LogP contribution is 2.52. The number of rotatable bonds is 47. The van der Waals surface area contributed by atoms with Crippen LogP contribution in [-0.2, 0) is 80.2 Å². The molecular formula is C64H116O18Si. The van der Waals surface area contributed by atoms with Gasteiger partial charge in [-0.3, -0.25) is 0 Å². The standard InChI is InChI=1S/C64H116O18Si/c1-13-23-35-66-42-53(55(71-39-27-17-5)52(70-38-26-16-4)44-75-83(20-8,21-9)22-10)77-49(12)78-57-54(48(11)76-60(65)58(57)72-40-28-18-6)79-62-59(73-41-29-19-7)56(51(43-74-62)69-37-25-15-3)80-64-47-68-46-63(64,45-67-36-24-14-2)81-61(82-64)50-33-31-30-32-34-50/h30-34,48-49,51-62,65H,13-29,35-47H2,1-12H3/t48?,49-,51+,52-,53?,54-,55-,56+,57+,58?,59?,60?,61+,62-,63+,64?/m0/s1. The smallest absolute Gasteiger partial charge is 0.229 e. The van der Waals surface area contributed by atoms with Crippen molar-refractivity contribution in [1.29, 1.82) is 0 Å². The molecule has 4 aliphatic heterocycles. The summed E-state index contributed by atoms with van der Waals surface area (Å²) in [5.74, 6) is -1.44. The summed E-state index contributed by atoms with van der Waals surface area (Å²) in [5, 5.41) is 11.9. The van der Waals surface area contributed by atoms with Gasteiger partial charge in [-0.05, 0) is 76.9 Å². The molecule has 4 saturated heterocycles. The van der Waals surface area contributed by atoms with Crippen molar-refractivity contribution in [3.63, 3.8) is 0 Å². The molecule has 0 aromatic heterocycles. The van der Waals surface area contributed by atoms with E-state index in [4.69, 9.17) is 80.2 Å². The van der Waals surface area contributed by atoms with Crippen LogP contribution in [-0.4, -0.2) is 191 Å². The molecule has 0 saturated carbocycles. The Hall–Kier alpha value is -1.28. The molecule has 4 heterocycles. The fourth-order valence-corrected chi connectivity index (χ4v) is 13.7. The summed E-state index contributed by atoms with van der Waals surface area (Å²) in [5.41, 5.74) is -0.295. The van der Waals surface area contributed by atoms with Crippen LogP contribution in [0.25, 0.3) is 0 Å². The van der Waals surface area contributed by atoms with Crippen molar-refractivity contribution in [3.8, 4) is 0 Å². The van der Waals surface area contributed by atoms with Crippen LogP contribution in [0.15, 0.2) is 30.3 Å². The molecule has 5 rings (SSSR count). The zero-order chi connectivity index (χ0) is 59.9. The van der Waals surface area contributed by atoms with Gasteiger partial charge < -0.3 is 85.3 Å². The van der Waals surface area contributed by atoms with Crippen molar-refractivity contribution >= 4 is 8.32 Å². The molecule has 0 amide bonds. The molecule has 0 spiro atoms. The summed E-state index contributed by atoms with van der Waals surface area (Å²) < 4.78 is 116. The van der Waals surface area contributed by atoms with E-state index in [0.29, 0.717) is 52.9 Å². The van der Waals surface area contributed by atoms with Crippen LogP contribution in [0.2, 0.25) is 18.1 Å². The predicted molar refractivity (Wildman–Crippen MR) is 321 cm³/mol. The van der Waals surface area contributed by atoms with E-state index < -0.39 is 106 Å². The van der Waals surface area contributed by atoms with Gasteiger partial charge in [-0.2, -0.15) is 0 Å². The summed E-state index contributed by atoms with van der Waals surface area (Å²) in [6.45, 7) is 29.9. The zero-order valence-corrected chi connectivity index (χ0v) is 54.6. The number of hydrogen-bond acceptors (Lipinski definition) is 18. The summed E-state index contributed by atoms with van der Waals surface area (Å²) in [7, 11) is -2.03. The fraction of sp³-hybridized carbons (Fsp3) is 0.906. The Balaban J connectivity index is 1.54. The zero-order valence-electron chi connectivity index (χ0n) is 53.6. The van der Waals surface area contributed by atoms with Crippen LogP contribution in [0.4, 0.5) is 0 Å². The molecule has 19 heteroatoms. The summed E-state index contributed by atoms with van der Waals surface area (Å²) in [6, 6.07) is 12.9. The average Bonchev–Trinajstić information content (AvgIpc) is 3.54. The first-order valence-electron chi connectivity index (χ1n) is 32.9. The van der Waals surface area contributed by atoms with E-state index in [1.807, 2.05) is 44.2 Å². The van der Waals surface area contributed by atoms with Crippen molar-refractivity contribution < 1.29 is 85.3 Å². The maximum Gasteiger partial charge on any atom is 0.229 e. The van der Waals surface area contributed by atoms with Crippen LogP contribution < -0.4 is 0 Å². The normalized spacial score (nSPS) is 29.9. The average molecular weight is 1200 g/mol. The van der Waals surface area contributed by atoms with Gasteiger partial charge in [-0.1, -0.05) is 145 Å². The Labute approximate surface area is 502 Å². The van der Waals surface area contributed by atoms with E-state index in [2.05, 4.69) is 69.2 Å². The number of ether oxygens (including phenoxy) is 16. The van der Waals surface area contributed by atoms with Crippen LogP contribution in [0.5, 0.6) is 0 Å². The topological polar surface area (TPSA) is 177 Å². The Bertz CT molecular complexity index is 1780. The minimum absolute atomic E-state index is 0.0716. The molecule has 1 aromatic rings. The first kappa shape index (κ1) is 72.5. The lowest BCUT2D eigenvalue weighted by Crippen LogP contribution is -2.66. The van der Waals surface area contributed by atoms with Gasteiger partial charge in [-0.25, -0.2) is 0 Å². The summed E-state index contributed by atoms with van der Waals surface area (Å²) in [6.07, 6.45) is 0.901. The number of benzene rings is 1. The molecule has 4 fully saturated rings. The Kier molecular flexibility index (Phi) is 34.6. The molecule has 6 unspecified atom stereocenters. The molecule has 4 aliphatic rings. The van der Waals surface area contributed by atoms with Gasteiger partial charge >= 0.3 is 0 Å². The third kappa shape index (κ3) is 21.4. The van der Waals surface area contributed by atoms with Crippen LogP contribution in [0.3, 0.4) is 0 Å². The summed E-state index contributed by atoms with van der Waals surface area (Å²) >= 11 is 0. The van der Waals surface area contributed by atoms with Gasteiger partial charge in [0.25, 0.3) is 0 Å². The monoisotopic (exact) mass is 1200 g/mol. The van der Waals surface area contributed by atoms with Crippen LogP contribution in [0, 0.1) is 0 Å². The molecule has 1 N–H and O–H groups in total. The molecule has 0 bridgehead atoms. The quantitative estimate of drug-likeness (QED) is 0.0370. The minimum atomic E-state index is -2.03. The van der Waals surface area contributed by atoms with Crippen molar-refractivity contribution in [2.75, 3.05) is 85.9 Å². The molecule has 0 radical (unpaired) electrons. The van der Waals surface area contributed by atoms with E-state index in [0.717, 1.165) is 114 Å². The molecule has 484 valence electrons. The first-order chi connectivity index (χ1) is 40.4. The first-order valence-corrected chi connectivity index (χ1v) is 35.4. The third-order valence-corrected chi connectivity index (χ3v) is 21.3. The number of aliphatic hydroxyl groups excluding tert-OH is 1. The highest BCUT2D eigenvalue weighted by molar-refractivity contribution is 6.73.